The summed E-state index contributed by atoms with van der Waals surface area (Å²) in [4.78, 5) is 12.6. The zero-order valence-electron chi connectivity index (χ0n) is 12.8. The second kappa shape index (κ2) is 8.86. The van der Waals surface area contributed by atoms with Crippen molar-refractivity contribution in [3.05, 3.63) is 64.2 Å². The van der Waals surface area contributed by atoms with Gasteiger partial charge in [-0.05, 0) is 37.5 Å². The van der Waals surface area contributed by atoms with Gasteiger partial charge in [0.2, 0.25) is 0 Å². The average molecular weight is 300 g/mol. The van der Waals surface area contributed by atoms with E-state index < -0.39 is 0 Å². The van der Waals surface area contributed by atoms with Crippen molar-refractivity contribution in [1.29, 1.82) is 0 Å². The number of benzene rings is 2. The van der Waals surface area contributed by atoms with Gasteiger partial charge in [0, 0.05) is 5.56 Å². The molecule has 0 radical (unpaired) electrons. The van der Waals surface area contributed by atoms with E-state index in [2.05, 4.69) is 9.24 Å². The first-order valence-electron chi connectivity index (χ1n) is 5.91. The fourth-order valence-corrected chi connectivity index (χ4v) is 2.60. The number of rotatable bonds is 2. The van der Waals surface area contributed by atoms with Gasteiger partial charge in [0.15, 0.2) is 5.78 Å². The second-order valence-electron chi connectivity index (χ2n) is 4.62. The number of hydrogen-bond acceptors (Lipinski definition) is 1. The molecule has 0 aliphatic heterocycles. The van der Waals surface area contributed by atoms with Crippen LogP contribution < -0.4 is 64.4 Å². The molecule has 1 nitrogen and oxygen atoms in total. The van der Waals surface area contributed by atoms with Crippen LogP contribution in [0.1, 0.15) is 32.6 Å². The Labute approximate surface area is 167 Å². The maximum atomic E-state index is 12.6. The van der Waals surface area contributed by atoms with E-state index in [-0.39, 0.29) is 64.9 Å². The van der Waals surface area contributed by atoms with Crippen LogP contribution in [0.5, 0.6) is 0 Å². The van der Waals surface area contributed by atoms with E-state index in [0.717, 1.165) is 22.0 Å². The summed E-state index contributed by atoms with van der Waals surface area (Å²) in [6.45, 7) is 6.00. The summed E-state index contributed by atoms with van der Waals surface area (Å²) in [6, 6.07) is 11.5. The third-order valence-electron chi connectivity index (χ3n) is 3.05. The Morgan fingerprint density at radius 1 is 0.950 bits per heavy atom. The summed E-state index contributed by atoms with van der Waals surface area (Å²) in [6.07, 6.45) is 0. The van der Waals surface area contributed by atoms with Gasteiger partial charge >= 0.3 is 59.1 Å². The molecule has 0 heterocycles. The molecule has 0 atom stereocenters. The van der Waals surface area contributed by atoms with E-state index in [9.17, 15) is 4.79 Å². The van der Waals surface area contributed by atoms with E-state index in [0.29, 0.717) is 5.56 Å². The first-order chi connectivity index (χ1) is 8.50. The SMILES string of the molecule is Cc1cc(C)c(C(=O)c2ccccc2[P-2])c(C)c1.[Na+].[Na+]. The van der Waals surface area contributed by atoms with Crippen molar-refractivity contribution < 1.29 is 63.9 Å². The third-order valence-corrected chi connectivity index (χ3v) is 3.44. The first-order valence-corrected chi connectivity index (χ1v) is 6.36. The number of hydrogen-bond donors (Lipinski definition) is 0. The number of carbonyl (C=O) groups excluding carboxylic acids is 1. The van der Waals surface area contributed by atoms with E-state index in [4.69, 9.17) is 0 Å². The molecule has 92 valence electrons. The normalized spacial score (nSPS) is 9.40. The van der Waals surface area contributed by atoms with Crippen LogP contribution in [0.4, 0.5) is 0 Å². The van der Waals surface area contributed by atoms with Crippen molar-refractivity contribution >= 4 is 20.3 Å². The summed E-state index contributed by atoms with van der Waals surface area (Å²) in [5.41, 5.74) is 4.68. The predicted octanol–water partition coefficient (Wildman–Crippen LogP) is -2.11. The van der Waals surface area contributed by atoms with Crippen LogP contribution in [0, 0.1) is 20.8 Å². The number of ketones is 1. The van der Waals surface area contributed by atoms with Crippen LogP contribution in [-0.4, -0.2) is 5.78 Å². The standard InChI is InChI=1S/C16H15OP.2Na/c1-10-8-11(2)15(12(3)9-10)16(17)13-6-4-5-7-14(13)18;;/h4-9H,1-3H3;;/q-2;2*+1. The summed E-state index contributed by atoms with van der Waals surface area (Å²) >= 11 is 0. The fraction of sp³-hybridized carbons (Fsp3) is 0.188. The predicted molar refractivity (Wildman–Crippen MR) is 77.1 cm³/mol. The van der Waals surface area contributed by atoms with E-state index in [1.54, 1.807) is 0 Å². The van der Waals surface area contributed by atoms with Gasteiger partial charge in [-0.2, -0.15) is 0 Å². The molecule has 0 fully saturated rings. The van der Waals surface area contributed by atoms with Gasteiger partial charge in [-0.1, -0.05) is 35.9 Å². The third kappa shape index (κ3) is 4.52. The van der Waals surface area contributed by atoms with Crippen LogP contribution >= 0.6 is 9.24 Å². The van der Waals surface area contributed by atoms with Crippen molar-refractivity contribution in [2.75, 3.05) is 0 Å². The molecule has 0 saturated carbocycles. The van der Waals surface area contributed by atoms with Crippen molar-refractivity contribution in [3.63, 3.8) is 0 Å². The topological polar surface area (TPSA) is 17.1 Å². The molecule has 0 aromatic heterocycles. The molecular weight excluding hydrogens is 285 g/mol. The van der Waals surface area contributed by atoms with E-state index >= 15 is 0 Å². The van der Waals surface area contributed by atoms with Crippen LogP contribution in [-0.2, 0) is 0 Å². The molecule has 0 amide bonds. The molecule has 0 aliphatic rings. The molecule has 2 aromatic carbocycles. The fourth-order valence-electron chi connectivity index (χ4n) is 2.34. The largest absolute Gasteiger partial charge is 1.45 e. The van der Waals surface area contributed by atoms with Gasteiger partial charge in [0.25, 0.3) is 0 Å². The number of carbonyl (C=O) groups is 1. The van der Waals surface area contributed by atoms with Gasteiger partial charge in [0.1, 0.15) is 0 Å². The molecular formula is C16H15Na2OP. The summed E-state index contributed by atoms with van der Waals surface area (Å²) in [5.74, 6) is 0.0515. The minimum absolute atomic E-state index is 0. The minimum atomic E-state index is 0. The van der Waals surface area contributed by atoms with Crippen LogP contribution in [0.25, 0.3) is 0 Å². The quantitative estimate of drug-likeness (QED) is 0.352. The van der Waals surface area contributed by atoms with E-state index in [1.165, 1.54) is 5.56 Å². The van der Waals surface area contributed by atoms with Gasteiger partial charge in [-0.3, -0.25) is 4.79 Å². The molecule has 4 heteroatoms. The van der Waals surface area contributed by atoms with Crippen molar-refractivity contribution in [3.8, 4) is 0 Å². The molecule has 0 spiro atoms. The molecule has 0 aliphatic carbocycles. The van der Waals surface area contributed by atoms with Crippen molar-refractivity contribution in [1.82, 2.24) is 0 Å². The molecule has 0 bridgehead atoms. The van der Waals surface area contributed by atoms with E-state index in [1.807, 2.05) is 57.2 Å². The smallest absolute Gasteiger partial charge is 1.00 e. The van der Waals surface area contributed by atoms with Gasteiger partial charge in [-0.25, -0.2) is 0 Å². The first kappa shape index (κ1) is 20.5. The Kier molecular flexibility index (Phi) is 9.09. The Morgan fingerprint density at radius 2 is 1.45 bits per heavy atom. The maximum absolute atomic E-state index is 12.6. The average Bonchev–Trinajstić information content (AvgIpc) is 2.27. The molecule has 2 aromatic rings. The molecule has 2 rings (SSSR count). The maximum Gasteiger partial charge on any atom is 1.00 e. The Balaban J connectivity index is 0.00000180. The molecule has 0 saturated heterocycles. The molecule has 20 heavy (non-hydrogen) atoms. The van der Waals surface area contributed by atoms with Crippen LogP contribution in [0.2, 0.25) is 0 Å². The van der Waals surface area contributed by atoms with Crippen LogP contribution in [0.3, 0.4) is 0 Å². The zero-order chi connectivity index (χ0) is 13.3. The Bertz CT molecular complexity index is 601. The second-order valence-corrected chi connectivity index (χ2v) is 5.10. The number of aryl methyl sites for hydroxylation is 3. The van der Waals surface area contributed by atoms with Crippen LogP contribution in [0.15, 0.2) is 36.4 Å². The molecule has 0 N–H and O–H groups in total. The van der Waals surface area contributed by atoms with Crippen molar-refractivity contribution in [2.24, 2.45) is 0 Å². The molecule has 0 unspecified atom stereocenters. The van der Waals surface area contributed by atoms with Gasteiger partial charge in [0.05, 0.1) is 0 Å². The van der Waals surface area contributed by atoms with Gasteiger partial charge < -0.3 is 14.5 Å². The minimum Gasteiger partial charge on any atom is -1.45 e. The summed E-state index contributed by atoms with van der Waals surface area (Å²) in [5, 5.41) is 0.724. The zero-order valence-corrected chi connectivity index (χ0v) is 17.7. The summed E-state index contributed by atoms with van der Waals surface area (Å²) in [7, 11) is 4.36. The Hall–Kier alpha value is 0.540. The Morgan fingerprint density at radius 3 is 1.95 bits per heavy atom. The van der Waals surface area contributed by atoms with Crippen molar-refractivity contribution in [2.45, 2.75) is 20.8 Å². The summed E-state index contributed by atoms with van der Waals surface area (Å²) < 4.78 is 0. The monoisotopic (exact) mass is 300 g/mol. The van der Waals surface area contributed by atoms with Gasteiger partial charge in [-0.15, -0.1) is 6.07 Å².